The summed E-state index contributed by atoms with van der Waals surface area (Å²) >= 11 is 0. The van der Waals surface area contributed by atoms with Crippen molar-refractivity contribution in [3.05, 3.63) is 52.6 Å². The predicted octanol–water partition coefficient (Wildman–Crippen LogP) is 3.50. The molecule has 1 aromatic carbocycles. The van der Waals surface area contributed by atoms with Crippen molar-refractivity contribution in [2.45, 2.75) is 40.2 Å². The molecule has 0 saturated carbocycles. The molecule has 0 aliphatic rings. The van der Waals surface area contributed by atoms with Gasteiger partial charge in [-0.1, -0.05) is 19.9 Å². The summed E-state index contributed by atoms with van der Waals surface area (Å²) in [6, 6.07) is 7.05. The minimum absolute atomic E-state index is 0.184. The second kappa shape index (κ2) is 5.34. The van der Waals surface area contributed by atoms with Crippen molar-refractivity contribution >= 4 is 0 Å². The van der Waals surface area contributed by atoms with E-state index in [0.717, 1.165) is 29.7 Å². The largest absolute Gasteiger partial charge is 0.265 e. The van der Waals surface area contributed by atoms with E-state index < -0.39 is 0 Å². The summed E-state index contributed by atoms with van der Waals surface area (Å²) < 4.78 is 15.3. The monoisotopic (exact) mass is 246 g/mol. The standard InChI is InChI=1S/C15H19FN2/c1-4-14-9-15(5-2)18(17-14)10-12-8-13(16)7-6-11(12)3/h6-9H,4-5,10H2,1-3H3. The fourth-order valence-corrected chi connectivity index (χ4v) is 2.08. The minimum Gasteiger partial charge on any atom is -0.265 e. The van der Waals surface area contributed by atoms with Gasteiger partial charge in [0.25, 0.3) is 0 Å². The maximum atomic E-state index is 13.3. The number of aryl methyl sites for hydroxylation is 3. The molecule has 0 unspecified atom stereocenters. The van der Waals surface area contributed by atoms with Crippen molar-refractivity contribution in [3.63, 3.8) is 0 Å². The van der Waals surface area contributed by atoms with E-state index in [1.807, 2.05) is 17.7 Å². The SMILES string of the molecule is CCc1cc(CC)n(Cc2cc(F)ccc2C)n1. The van der Waals surface area contributed by atoms with Gasteiger partial charge in [0.15, 0.2) is 0 Å². The Hall–Kier alpha value is -1.64. The van der Waals surface area contributed by atoms with E-state index in [0.29, 0.717) is 6.54 Å². The highest BCUT2D eigenvalue weighted by Crippen LogP contribution is 2.14. The fourth-order valence-electron chi connectivity index (χ4n) is 2.08. The van der Waals surface area contributed by atoms with Crippen LogP contribution in [0.25, 0.3) is 0 Å². The first-order valence-corrected chi connectivity index (χ1v) is 6.44. The Kier molecular flexibility index (Phi) is 3.80. The molecule has 2 rings (SSSR count). The van der Waals surface area contributed by atoms with E-state index >= 15 is 0 Å². The zero-order chi connectivity index (χ0) is 13.1. The van der Waals surface area contributed by atoms with Crippen LogP contribution in [0.5, 0.6) is 0 Å². The lowest BCUT2D eigenvalue weighted by atomic mass is 10.1. The third-order valence-electron chi connectivity index (χ3n) is 3.27. The number of aromatic nitrogens is 2. The summed E-state index contributed by atoms with van der Waals surface area (Å²) in [5.41, 5.74) is 4.40. The number of hydrogen-bond donors (Lipinski definition) is 0. The van der Waals surface area contributed by atoms with Crippen LogP contribution in [-0.2, 0) is 19.4 Å². The molecule has 0 atom stereocenters. The van der Waals surface area contributed by atoms with Crippen molar-refractivity contribution in [1.82, 2.24) is 9.78 Å². The Labute approximate surface area is 107 Å². The Balaban J connectivity index is 2.32. The Morgan fingerprint density at radius 3 is 2.61 bits per heavy atom. The van der Waals surface area contributed by atoms with Crippen LogP contribution in [-0.4, -0.2) is 9.78 Å². The molecule has 0 amide bonds. The van der Waals surface area contributed by atoms with E-state index in [4.69, 9.17) is 0 Å². The molecule has 0 fully saturated rings. The molecule has 0 bridgehead atoms. The van der Waals surface area contributed by atoms with Crippen molar-refractivity contribution in [2.75, 3.05) is 0 Å². The summed E-state index contributed by atoms with van der Waals surface area (Å²) in [5.74, 6) is -0.184. The number of hydrogen-bond acceptors (Lipinski definition) is 1. The molecule has 18 heavy (non-hydrogen) atoms. The van der Waals surface area contributed by atoms with Crippen molar-refractivity contribution in [2.24, 2.45) is 0 Å². The maximum Gasteiger partial charge on any atom is 0.123 e. The molecule has 2 nitrogen and oxygen atoms in total. The number of benzene rings is 1. The summed E-state index contributed by atoms with van der Waals surface area (Å²) in [6.07, 6.45) is 1.88. The lowest BCUT2D eigenvalue weighted by Gasteiger charge is -2.09. The van der Waals surface area contributed by atoms with Crippen LogP contribution in [0.1, 0.15) is 36.4 Å². The molecular weight excluding hydrogens is 227 g/mol. The van der Waals surface area contributed by atoms with Crippen LogP contribution in [0.15, 0.2) is 24.3 Å². The van der Waals surface area contributed by atoms with Gasteiger partial charge >= 0.3 is 0 Å². The average molecular weight is 246 g/mol. The van der Waals surface area contributed by atoms with Crippen LogP contribution >= 0.6 is 0 Å². The molecule has 2 aromatic rings. The third-order valence-corrected chi connectivity index (χ3v) is 3.27. The van der Waals surface area contributed by atoms with E-state index in [9.17, 15) is 4.39 Å². The molecule has 0 aliphatic carbocycles. The smallest absolute Gasteiger partial charge is 0.123 e. The van der Waals surface area contributed by atoms with Gasteiger partial charge in [0, 0.05) is 5.69 Å². The van der Waals surface area contributed by atoms with Gasteiger partial charge in [-0.2, -0.15) is 5.10 Å². The van der Waals surface area contributed by atoms with Gasteiger partial charge in [0.1, 0.15) is 5.82 Å². The average Bonchev–Trinajstić information content (AvgIpc) is 2.76. The van der Waals surface area contributed by atoms with Gasteiger partial charge in [0.05, 0.1) is 12.2 Å². The normalized spacial score (nSPS) is 10.9. The molecule has 0 spiro atoms. The molecule has 96 valence electrons. The lowest BCUT2D eigenvalue weighted by Crippen LogP contribution is -2.07. The molecule has 1 aromatic heterocycles. The number of halogens is 1. The zero-order valence-corrected chi connectivity index (χ0v) is 11.2. The second-order valence-electron chi connectivity index (χ2n) is 4.56. The highest BCUT2D eigenvalue weighted by atomic mass is 19.1. The van der Waals surface area contributed by atoms with E-state index in [1.165, 1.54) is 11.8 Å². The van der Waals surface area contributed by atoms with Crippen LogP contribution in [0.3, 0.4) is 0 Å². The fraction of sp³-hybridized carbons (Fsp3) is 0.400. The molecular formula is C15H19FN2. The highest BCUT2D eigenvalue weighted by Gasteiger charge is 2.08. The Morgan fingerprint density at radius 1 is 1.17 bits per heavy atom. The summed E-state index contributed by atoms with van der Waals surface area (Å²) in [7, 11) is 0. The van der Waals surface area contributed by atoms with Crippen molar-refractivity contribution < 1.29 is 4.39 Å². The van der Waals surface area contributed by atoms with Crippen molar-refractivity contribution in [3.8, 4) is 0 Å². The van der Waals surface area contributed by atoms with Gasteiger partial charge in [-0.25, -0.2) is 4.39 Å². The number of nitrogens with zero attached hydrogens (tertiary/aromatic N) is 2. The molecule has 0 saturated heterocycles. The predicted molar refractivity (Wildman–Crippen MR) is 71.2 cm³/mol. The lowest BCUT2D eigenvalue weighted by molar-refractivity contribution is 0.609. The molecule has 0 radical (unpaired) electrons. The van der Waals surface area contributed by atoms with Crippen LogP contribution in [0, 0.1) is 12.7 Å². The van der Waals surface area contributed by atoms with Gasteiger partial charge < -0.3 is 0 Å². The highest BCUT2D eigenvalue weighted by molar-refractivity contribution is 5.27. The topological polar surface area (TPSA) is 17.8 Å². The Morgan fingerprint density at radius 2 is 1.94 bits per heavy atom. The maximum absolute atomic E-state index is 13.3. The summed E-state index contributed by atoms with van der Waals surface area (Å²) in [5, 5.41) is 4.56. The third kappa shape index (κ3) is 2.61. The van der Waals surface area contributed by atoms with Crippen LogP contribution in [0.2, 0.25) is 0 Å². The first-order chi connectivity index (χ1) is 8.63. The van der Waals surface area contributed by atoms with Gasteiger partial charge in [0.2, 0.25) is 0 Å². The zero-order valence-electron chi connectivity index (χ0n) is 11.2. The summed E-state index contributed by atoms with van der Waals surface area (Å²) in [6.45, 7) is 6.86. The molecule has 0 aliphatic heterocycles. The summed E-state index contributed by atoms with van der Waals surface area (Å²) in [4.78, 5) is 0. The van der Waals surface area contributed by atoms with Crippen LogP contribution in [0.4, 0.5) is 4.39 Å². The van der Waals surface area contributed by atoms with Crippen molar-refractivity contribution in [1.29, 1.82) is 0 Å². The minimum atomic E-state index is -0.184. The van der Waals surface area contributed by atoms with Crippen LogP contribution < -0.4 is 0 Å². The van der Waals surface area contributed by atoms with Gasteiger partial charge in [-0.15, -0.1) is 0 Å². The molecule has 0 N–H and O–H groups in total. The molecule has 1 heterocycles. The van der Waals surface area contributed by atoms with Gasteiger partial charge in [-0.3, -0.25) is 4.68 Å². The van der Waals surface area contributed by atoms with Gasteiger partial charge in [-0.05, 0) is 49.1 Å². The Bertz CT molecular complexity index is 543. The van der Waals surface area contributed by atoms with E-state index in [1.54, 1.807) is 6.07 Å². The van der Waals surface area contributed by atoms with E-state index in [-0.39, 0.29) is 5.82 Å². The first kappa shape index (κ1) is 12.8. The second-order valence-corrected chi connectivity index (χ2v) is 4.56. The first-order valence-electron chi connectivity index (χ1n) is 6.44. The molecule has 3 heteroatoms. The quantitative estimate of drug-likeness (QED) is 0.807. The number of rotatable bonds is 4. The van der Waals surface area contributed by atoms with E-state index in [2.05, 4.69) is 25.0 Å².